The summed E-state index contributed by atoms with van der Waals surface area (Å²) in [6.07, 6.45) is 1.63. The summed E-state index contributed by atoms with van der Waals surface area (Å²) in [6.45, 7) is 6.14. The zero-order valence-corrected chi connectivity index (χ0v) is 14.0. The number of hydrogen-bond donors (Lipinski definition) is 3. The Kier molecular flexibility index (Phi) is 5.23. The number of aryl methyl sites for hydroxylation is 2. The average Bonchev–Trinajstić information content (AvgIpc) is 2.50. The maximum absolute atomic E-state index is 12.2. The molecule has 1 heterocycles. The van der Waals surface area contributed by atoms with Crippen LogP contribution in [0.1, 0.15) is 41.3 Å². The number of aromatic amines is 1. The van der Waals surface area contributed by atoms with E-state index in [0.29, 0.717) is 12.2 Å². The number of carbonyl (C=O) groups is 1. The Balaban J connectivity index is 2.56. The van der Waals surface area contributed by atoms with Gasteiger partial charge in [-0.15, -0.1) is 0 Å². The van der Waals surface area contributed by atoms with Crippen molar-refractivity contribution in [3.05, 3.63) is 55.7 Å². The van der Waals surface area contributed by atoms with Crippen molar-refractivity contribution in [2.45, 2.75) is 33.6 Å². The Morgan fingerprint density at radius 1 is 1.25 bits per heavy atom. The molecule has 0 unspecified atom stereocenters. The van der Waals surface area contributed by atoms with Gasteiger partial charge >= 0.3 is 5.69 Å². The summed E-state index contributed by atoms with van der Waals surface area (Å²) in [5.74, 6) is -1.37. The zero-order chi connectivity index (χ0) is 17.9. The van der Waals surface area contributed by atoms with Crippen molar-refractivity contribution in [2.75, 3.05) is 6.54 Å². The van der Waals surface area contributed by atoms with Gasteiger partial charge in [-0.3, -0.25) is 14.6 Å². The lowest BCUT2D eigenvalue weighted by atomic mass is 10.1. The highest BCUT2D eigenvalue weighted by Gasteiger charge is 2.21. The first kappa shape index (κ1) is 17.5. The summed E-state index contributed by atoms with van der Waals surface area (Å²) in [7, 11) is 0. The molecule has 7 heteroatoms. The van der Waals surface area contributed by atoms with Crippen LogP contribution in [0.15, 0.2) is 27.8 Å². The van der Waals surface area contributed by atoms with Crippen LogP contribution in [-0.2, 0) is 0 Å². The lowest BCUT2D eigenvalue weighted by molar-refractivity contribution is 0.0947. The van der Waals surface area contributed by atoms with Gasteiger partial charge in [-0.2, -0.15) is 0 Å². The SMILES string of the molecule is CCCCNC(=O)c1c(O)n(-c2ccc(C)c(C)c2)c(=O)[nH]c1=O. The second-order valence-corrected chi connectivity index (χ2v) is 5.67. The first-order chi connectivity index (χ1) is 11.4. The highest BCUT2D eigenvalue weighted by atomic mass is 16.3. The van der Waals surface area contributed by atoms with Gasteiger partial charge in [-0.1, -0.05) is 19.4 Å². The van der Waals surface area contributed by atoms with E-state index in [2.05, 4.69) is 10.3 Å². The molecule has 1 aromatic carbocycles. The minimum atomic E-state index is -0.911. The Bertz CT molecular complexity index is 880. The lowest BCUT2D eigenvalue weighted by Gasteiger charge is -2.12. The van der Waals surface area contributed by atoms with Gasteiger partial charge < -0.3 is 10.4 Å². The fourth-order valence-corrected chi connectivity index (χ4v) is 2.30. The van der Waals surface area contributed by atoms with Crippen molar-refractivity contribution in [3.63, 3.8) is 0 Å². The van der Waals surface area contributed by atoms with Gasteiger partial charge in [-0.25, -0.2) is 9.36 Å². The summed E-state index contributed by atoms with van der Waals surface area (Å²) in [6, 6.07) is 5.14. The van der Waals surface area contributed by atoms with Crippen molar-refractivity contribution >= 4 is 5.91 Å². The molecule has 0 bridgehead atoms. The number of aromatic nitrogens is 2. The Morgan fingerprint density at radius 3 is 2.58 bits per heavy atom. The van der Waals surface area contributed by atoms with Crippen LogP contribution in [0.5, 0.6) is 5.88 Å². The number of nitrogens with one attached hydrogen (secondary N) is 2. The van der Waals surface area contributed by atoms with Crippen LogP contribution in [0.3, 0.4) is 0 Å². The van der Waals surface area contributed by atoms with Crippen molar-refractivity contribution in [3.8, 4) is 11.6 Å². The molecule has 0 aliphatic carbocycles. The number of unbranched alkanes of at least 4 members (excludes halogenated alkanes) is 1. The van der Waals surface area contributed by atoms with Crippen molar-refractivity contribution in [1.82, 2.24) is 14.9 Å². The van der Waals surface area contributed by atoms with Crippen molar-refractivity contribution < 1.29 is 9.90 Å². The van der Waals surface area contributed by atoms with Gasteiger partial charge in [0.25, 0.3) is 11.5 Å². The van der Waals surface area contributed by atoms with Crippen LogP contribution >= 0.6 is 0 Å². The van der Waals surface area contributed by atoms with Crippen molar-refractivity contribution in [2.24, 2.45) is 0 Å². The van der Waals surface area contributed by atoms with Gasteiger partial charge in [0.1, 0.15) is 0 Å². The summed E-state index contributed by atoms with van der Waals surface area (Å²) in [4.78, 5) is 38.3. The fourth-order valence-electron chi connectivity index (χ4n) is 2.30. The molecule has 2 aromatic rings. The van der Waals surface area contributed by atoms with Gasteiger partial charge in [-0.05, 0) is 43.5 Å². The molecule has 24 heavy (non-hydrogen) atoms. The van der Waals surface area contributed by atoms with Gasteiger partial charge in [0.2, 0.25) is 5.88 Å². The fraction of sp³-hybridized carbons (Fsp3) is 0.353. The predicted octanol–water partition coefficient (Wildman–Crippen LogP) is 1.38. The summed E-state index contributed by atoms with van der Waals surface area (Å²) in [5, 5.41) is 12.9. The van der Waals surface area contributed by atoms with E-state index < -0.39 is 28.6 Å². The van der Waals surface area contributed by atoms with E-state index in [1.165, 1.54) is 0 Å². The molecule has 0 saturated carbocycles. The zero-order valence-electron chi connectivity index (χ0n) is 14.0. The standard InChI is InChI=1S/C17H21N3O4/c1-4-5-8-18-14(21)13-15(22)19-17(24)20(16(13)23)12-7-6-10(2)11(3)9-12/h6-7,9,23H,4-5,8H2,1-3H3,(H,18,21)(H,19,22,24). The number of hydrogen-bond acceptors (Lipinski definition) is 4. The van der Waals surface area contributed by atoms with E-state index in [9.17, 15) is 19.5 Å². The van der Waals surface area contributed by atoms with E-state index >= 15 is 0 Å². The number of nitrogens with zero attached hydrogens (tertiary/aromatic N) is 1. The van der Waals surface area contributed by atoms with E-state index in [4.69, 9.17) is 0 Å². The van der Waals surface area contributed by atoms with Crippen molar-refractivity contribution in [1.29, 1.82) is 0 Å². The molecule has 0 spiro atoms. The van der Waals surface area contributed by atoms with Crippen LogP contribution in [0.25, 0.3) is 5.69 Å². The third-order valence-corrected chi connectivity index (χ3v) is 3.88. The van der Waals surface area contributed by atoms with Gasteiger partial charge in [0.05, 0.1) is 5.69 Å². The quantitative estimate of drug-likeness (QED) is 0.720. The molecule has 0 saturated heterocycles. The molecule has 0 aliphatic heterocycles. The van der Waals surface area contributed by atoms with Crippen LogP contribution in [0.4, 0.5) is 0 Å². The van der Waals surface area contributed by atoms with Crippen LogP contribution in [0.2, 0.25) is 0 Å². The molecule has 1 aromatic heterocycles. The van der Waals surface area contributed by atoms with Crippen LogP contribution < -0.4 is 16.6 Å². The Morgan fingerprint density at radius 2 is 1.96 bits per heavy atom. The predicted molar refractivity (Wildman–Crippen MR) is 91.0 cm³/mol. The first-order valence-electron chi connectivity index (χ1n) is 7.81. The molecule has 0 fully saturated rings. The monoisotopic (exact) mass is 331 g/mol. The number of benzene rings is 1. The molecular weight excluding hydrogens is 310 g/mol. The highest BCUT2D eigenvalue weighted by molar-refractivity contribution is 5.96. The number of aromatic hydroxyl groups is 1. The summed E-state index contributed by atoms with van der Waals surface area (Å²) < 4.78 is 0.919. The number of rotatable bonds is 5. The summed E-state index contributed by atoms with van der Waals surface area (Å²) in [5.41, 5.74) is 0.132. The maximum atomic E-state index is 12.2. The molecule has 0 radical (unpaired) electrons. The largest absolute Gasteiger partial charge is 0.493 e. The normalized spacial score (nSPS) is 10.6. The molecule has 1 amide bonds. The molecule has 7 nitrogen and oxygen atoms in total. The Labute approximate surface area is 139 Å². The average molecular weight is 331 g/mol. The van der Waals surface area contributed by atoms with E-state index in [-0.39, 0.29) is 0 Å². The second kappa shape index (κ2) is 7.16. The third-order valence-electron chi connectivity index (χ3n) is 3.88. The molecule has 128 valence electrons. The molecule has 0 atom stereocenters. The van der Waals surface area contributed by atoms with Crippen LogP contribution in [0, 0.1) is 13.8 Å². The molecular formula is C17H21N3O4. The minimum Gasteiger partial charge on any atom is -0.493 e. The first-order valence-corrected chi connectivity index (χ1v) is 7.81. The maximum Gasteiger partial charge on any atom is 0.335 e. The molecule has 3 N–H and O–H groups in total. The molecule has 2 rings (SSSR count). The summed E-state index contributed by atoms with van der Waals surface area (Å²) >= 11 is 0. The Hall–Kier alpha value is -2.83. The van der Waals surface area contributed by atoms with E-state index in [1.807, 2.05) is 20.8 Å². The molecule has 0 aliphatic rings. The highest BCUT2D eigenvalue weighted by Crippen LogP contribution is 2.19. The number of H-pyrrole nitrogens is 1. The smallest absolute Gasteiger partial charge is 0.335 e. The third kappa shape index (κ3) is 3.40. The van der Waals surface area contributed by atoms with E-state index in [0.717, 1.165) is 28.5 Å². The number of amides is 1. The van der Waals surface area contributed by atoms with Gasteiger partial charge in [0.15, 0.2) is 5.56 Å². The van der Waals surface area contributed by atoms with Gasteiger partial charge in [0, 0.05) is 6.54 Å². The lowest BCUT2D eigenvalue weighted by Crippen LogP contribution is -2.37. The number of carbonyl (C=O) groups excluding carboxylic acids is 1. The minimum absolute atomic E-state index is 0.374. The van der Waals surface area contributed by atoms with E-state index in [1.54, 1.807) is 18.2 Å². The topological polar surface area (TPSA) is 104 Å². The van der Waals surface area contributed by atoms with Crippen LogP contribution in [-0.4, -0.2) is 27.1 Å². The second-order valence-electron chi connectivity index (χ2n) is 5.67.